The molecular formula is C21H27Cl2N5O3S. The Hall–Kier alpha value is -1.65. The molecule has 0 unspecified atom stereocenters. The van der Waals surface area contributed by atoms with E-state index >= 15 is 0 Å². The van der Waals surface area contributed by atoms with Gasteiger partial charge in [0.1, 0.15) is 0 Å². The van der Waals surface area contributed by atoms with E-state index in [0.717, 1.165) is 25.7 Å². The van der Waals surface area contributed by atoms with Crippen LogP contribution in [0.15, 0.2) is 35.7 Å². The zero-order valence-electron chi connectivity index (χ0n) is 17.7. The average Bonchev–Trinajstić information content (AvgIpc) is 3.34. The van der Waals surface area contributed by atoms with Crippen molar-refractivity contribution in [3.8, 4) is 0 Å². The van der Waals surface area contributed by atoms with Gasteiger partial charge >= 0.3 is 0 Å². The van der Waals surface area contributed by atoms with Crippen molar-refractivity contribution in [1.29, 1.82) is 0 Å². The van der Waals surface area contributed by atoms with Crippen LogP contribution in [0.5, 0.6) is 0 Å². The first-order valence-corrected chi connectivity index (χ1v) is 13.0. The number of hydrogen-bond acceptors (Lipinski definition) is 5. The fraction of sp³-hybridized carbons (Fsp3) is 0.524. The number of amides is 1. The van der Waals surface area contributed by atoms with Crippen molar-refractivity contribution in [2.45, 2.75) is 42.7 Å². The lowest BCUT2D eigenvalue weighted by Crippen LogP contribution is -2.62. The topological polar surface area (TPSA) is 98.4 Å². The Morgan fingerprint density at radius 1 is 1.12 bits per heavy atom. The second-order valence-corrected chi connectivity index (χ2v) is 11.1. The van der Waals surface area contributed by atoms with E-state index in [2.05, 4.69) is 20.2 Å². The Labute approximate surface area is 198 Å². The first-order chi connectivity index (χ1) is 15.3. The minimum atomic E-state index is -3.57. The number of H-pyrrole nitrogens is 1. The van der Waals surface area contributed by atoms with E-state index in [0.29, 0.717) is 48.3 Å². The number of sulfonamides is 1. The number of aromatic nitrogens is 2. The van der Waals surface area contributed by atoms with E-state index in [1.807, 2.05) is 0 Å². The summed E-state index contributed by atoms with van der Waals surface area (Å²) in [4.78, 5) is 21.7. The number of piperazine rings is 1. The van der Waals surface area contributed by atoms with Crippen molar-refractivity contribution >= 4 is 39.1 Å². The zero-order chi connectivity index (χ0) is 22.8. The summed E-state index contributed by atoms with van der Waals surface area (Å²) >= 11 is 12.2. The summed E-state index contributed by atoms with van der Waals surface area (Å²) in [6.45, 7) is 2.54. The Morgan fingerprint density at radius 2 is 1.84 bits per heavy atom. The summed E-state index contributed by atoms with van der Waals surface area (Å²) in [5, 5.41) is 4.00. The van der Waals surface area contributed by atoms with E-state index in [1.165, 1.54) is 23.3 Å². The zero-order valence-corrected chi connectivity index (χ0v) is 20.0. The molecule has 11 heteroatoms. The lowest BCUT2D eigenvalue weighted by atomic mass is 9.79. The predicted molar refractivity (Wildman–Crippen MR) is 124 cm³/mol. The van der Waals surface area contributed by atoms with Gasteiger partial charge in [0.25, 0.3) is 15.9 Å². The van der Waals surface area contributed by atoms with Crippen molar-refractivity contribution in [3.05, 3.63) is 46.3 Å². The number of aromatic amines is 1. The van der Waals surface area contributed by atoms with Crippen LogP contribution in [0.3, 0.4) is 0 Å². The van der Waals surface area contributed by atoms with Crippen LogP contribution in [0.25, 0.3) is 0 Å². The molecule has 1 aromatic carbocycles. The third-order valence-electron chi connectivity index (χ3n) is 6.54. The second-order valence-electron chi connectivity index (χ2n) is 8.40. The van der Waals surface area contributed by atoms with Gasteiger partial charge < -0.3 is 10.3 Å². The number of halogens is 2. The number of benzene rings is 1. The van der Waals surface area contributed by atoms with E-state index in [1.54, 1.807) is 18.2 Å². The number of carbonyl (C=O) groups excluding carboxylic acids is 1. The van der Waals surface area contributed by atoms with Gasteiger partial charge in [0.15, 0.2) is 5.03 Å². The molecule has 2 aromatic rings. The molecule has 0 radical (unpaired) electrons. The van der Waals surface area contributed by atoms with Crippen LogP contribution in [-0.2, 0) is 10.0 Å². The number of nitrogens with one attached hydrogen (secondary N) is 2. The van der Waals surface area contributed by atoms with Gasteiger partial charge in [-0.2, -0.15) is 4.31 Å². The van der Waals surface area contributed by atoms with Gasteiger partial charge in [-0.05, 0) is 31.0 Å². The Morgan fingerprint density at radius 3 is 2.47 bits per heavy atom. The van der Waals surface area contributed by atoms with E-state index in [-0.39, 0.29) is 16.5 Å². The molecule has 1 saturated heterocycles. The molecule has 1 aromatic heterocycles. The molecule has 0 atom stereocenters. The Balaban J connectivity index is 1.44. The fourth-order valence-corrected chi connectivity index (χ4v) is 6.57. The van der Waals surface area contributed by atoms with Gasteiger partial charge in [-0.25, -0.2) is 13.4 Å². The lowest BCUT2D eigenvalue weighted by molar-refractivity contribution is 0.0240. The average molecular weight is 500 g/mol. The van der Waals surface area contributed by atoms with Crippen LogP contribution in [0.4, 0.5) is 0 Å². The van der Waals surface area contributed by atoms with Crippen LogP contribution < -0.4 is 5.32 Å². The molecule has 0 bridgehead atoms. The smallest absolute Gasteiger partial charge is 0.260 e. The summed E-state index contributed by atoms with van der Waals surface area (Å²) in [5.74, 6) is -0.225. The van der Waals surface area contributed by atoms with Crippen molar-refractivity contribution in [3.63, 3.8) is 0 Å². The monoisotopic (exact) mass is 499 g/mol. The second kappa shape index (κ2) is 9.69. The molecule has 8 nitrogen and oxygen atoms in total. The molecule has 2 fully saturated rings. The fourth-order valence-electron chi connectivity index (χ4n) is 4.75. The maximum absolute atomic E-state index is 12.8. The van der Waals surface area contributed by atoms with Crippen LogP contribution >= 0.6 is 23.2 Å². The molecule has 1 aliphatic carbocycles. The summed E-state index contributed by atoms with van der Waals surface area (Å²) in [6.07, 6.45) is 7.99. The number of hydrogen-bond donors (Lipinski definition) is 2. The Bertz CT molecular complexity index is 1050. The van der Waals surface area contributed by atoms with Gasteiger partial charge in [-0.3, -0.25) is 9.69 Å². The van der Waals surface area contributed by atoms with Crippen molar-refractivity contribution in [2.75, 3.05) is 32.7 Å². The molecule has 174 valence electrons. The van der Waals surface area contributed by atoms with Crippen LogP contribution in [0, 0.1) is 0 Å². The van der Waals surface area contributed by atoms with Crippen LogP contribution in [-0.4, -0.2) is 71.8 Å². The van der Waals surface area contributed by atoms with Crippen molar-refractivity contribution < 1.29 is 13.2 Å². The third kappa shape index (κ3) is 4.82. The molecule has 1 aliphatic heterocycles. The summed E-state index contributed by atoms with van der Waals surface area (Å²) in [5.41, 5.74) is 0.217. The molecule has 2 N–H and O–H groups in total. The maximum atomic E-state index is 12.8. The number of rotatable bonds is 6. The molecule has 1 amide bonds. The molecule has 4 rings (SSSR count). The molecule has 2 heterocycles. The number of nitrogens with zero attached hydrogens (tertiary/aromatic N) is 3. The minimum Gasteiger partial charge on any atom is -0.350 e. The molecule has 2 aliphatic rings. The van der Waals surface area contributed by atoms with Gasteiger partial charge in [0, 0.05) is 43.3 Å². The first-order valence-electron chi connectivity index (χ1n) is 10.8. The lowest BCUT2D eigenvalue weighted by Gasteiger charge is -2.49. The van der Waals surface area contributed by atoms with Crippen molar-refractivity contribution in [1.82, 2.24) is 24.5 Å². The first kappa shape index (κ1) is 23.5. The van der Waals surface area contributed by atoms with Crippen LogP contribution in [0.2, 0.25) is 10.0 Å². The molecule has 1 saturated carbocycles. The predicted octanol–water partition coefficient (Wildman–Crippen LogP) is 3.16. The van der Waals surface area contributed by atoms with Gasteiger partial charge in [-0.15, -0.1) is 0 Å². The minimum absolute atomic E-state index is 0.116. The van der Waals surface area contributed by atoms with E-state index < -0.39 is 10.0 Å². The largest absolute Gasteiger partial charge is 0.350 e. The van der Waals surface area contributed by atoms with Gasteiger partial charge in [0.2, 0.25) is 0 Å². The number of carbonyl (C=O) groups is 1. The number of imidazole rings is 1. The normalized spacial score (nSPS) is 20.2. The summed E-state index contributed by atoms with van der Waals surface area (Å²) in [7, 11) is -3.57. The molecule has 0 spiro atoms. The van der Waals surface area contributed by atoms with Crippen LogP contribution in [0.1, 0.15) is 42.5 Å². The maximum Gasteiger partial charge on any atom is 0.260 e. The van der Waals surface area contributed by atoms with E-state index in [4.69, 9.17) is 23.2 Å². The summed E-state index contributed by atoms with van der Waals surface area (Å²) < 4.78 is 27.1. The van der Waals surface area contributed by atoms with Gasteiger partial charge in [-0.1, -0.05) is 42.5 Å². The highest BCUT2D eigenvalue weighted by Gasteiger charge is 2.41. The highest BCUT2D eigenvalue weighted by atomic mass is 35.5. The molecular weight excluding hydrogens is 473 g/mol. The van der Waals surface area contributed by atoms with Gasteiger partial charge in [0.05, 0.1) is 23.1 Å². The quantitative estimate of drug-likeness (QED) is 0.635. The van der Waals surface area contributed by atoms with Crippen molar-refractivity contribution in [2.24, 2.45) is 0 Å². The third-order valence-corrected chi connectivity index (χ3v) is 8.91. The van der Waals surface area contributed by atoms with E-state index in [9.17, 15) is 13.2 Å². The highest BCUT2D eigenvalue weighted by molar-refractivity contribution is 7.89. The Kier molecular flexibility index (Phi) is 7.11. The SMILES string of the molecule is O=C(NCC1(N2CCN(S(=O)(=O)c3cnc[nH]3)CC2)CCCCC1)c1ccc(Cl)cc1Cl. The standard InChI is InChI=1S/C21H27Cl2N5O3S/c22-16-4-5-17(18(23)12-16)20(29)25-14-21(6-2-1-3-7-21)27-8-10-28(11-9-27)32(30,31)19-13-24-15-26-19/h4-5,12-13,15H,1-3,6-11,14H2,(H,24,26)(H,25,29). The molecule has 32 heavy (non-hydrogen) atoms. The summed E-state index contributed by atoms with van der Waals surface area (Å²) in [6, 6.07) is 4.85. The highest BCUT2D eigenvalue weighted by Crippen LogP contribution is 2.35.